The number of Topliss-reactive ketones (excluding diaryl/α,β-unsaturated/α-hetero) is 2. The van der Waals surface area contributed by atoms with Crippen LogP contribution in [0.15, 0.2) is 36.4 Å². The number of carbonyl (C=O) groups is 8. The first kappa shape index (κ1) is 29.8. The summed E-state index contributed by atoms with van der Waals surface area (Å²) in [4.78, 5) is 102. The van der Waals surface area contributed by atoms with Crippen molar-refractivity contribution in [3.8, 4) is 0 Å². The van der Waals surface area contributed by atoms with Crippen molar-refractivity contribution in [3.63, 3.8) is 0 Å². The van der Waals surface area contributed by atoms with Crippen molar-refractivity contribution >= 4 is 58.5 Å². The quantitative estimate of drug-likeness (QED) is 0.209. The smallest absolute Gasteiger partial charge is 0.386 e. The minimum Gasteiger partial charge on any atom is -0.386 e. The van der Waals surface area contributed by atoms with Crippen molar-refractivity contribution < 1.29 is 69.4 Å². The molecule has 0 radical (unpaired) electrons. The second-order valence-electron chi connectivity index (χ2n) is 10.8. The van der Waals surface area contributed by atoms with Crippen LogP contribution in [-0.2, 0) is 23.9 Å². The zero-order valence-corrected chi connectivity index (χ0v) is 22.1. The van der Waals surface area contributed by atoms with Gasteiger partial charge in [0.25, 0.3) is 0 Å². The fraction of sp³-hybridized carbons (Fsp3) is 0.286. The van der Waals surface area contributed by atoms with Gasteiger partial charge in [0.15, 0.2) is 11.6 Å². The Kier molecular flexibility index (Phi) is 6.22. The molecule has 17 heteroatoms. The number of anilines is 2. The SMILES string of the molecule is O=C1CC(=O)c2cc(N3C(=O)C(C(F)(F)F)C[C@]4(CC(C(F)(F)F)C(=O)N(c5ccc6c(c5)C(=O)OC6=O)C4=O)C3=O)ccc21. The van der Waals surface area contributed by atoms with Crippen LogP contribution in [0.3, 0.4) is 0 Å². The number of amides is 4. The fourth-order valence-electron chi connectivity index (χ4n) is 6.03. The molecular weight excluding hydrogens is 622 g/mol. The zero-order valence-electron chi connectivity index (χ0n) is 22.1. The molecule has 45 heavy (non-hydrogen) atoms. The lowest BCUT2D eigenvalue weighted by Crippen LogP contribution is -2.68. The largest absolute Gasteiger partial charge is 0.400 e. The lowest BCUT2D eigenvalue weighted by molar-refractivity contribution is -0.204. The lowest BCUT2D eigenvalue weighted by Gasteiger charge is -2.48. The number of fused-ring (bicyclic) bond motifs is 2. The number of esters is 2. The zero-order chi connectivity index (χ0) is 33.0. The Hall–Kier alpha value is -5.22. The molecule has 3 aliphatic heterocycles. The van der Waals surface area contributed by atoms with Crippen LogP contribution in [0.2, 0.25) is 0 Å². The van der Waals surface area contributed by atoms with Gasteiger partial charge in [0.1, 0.15) is 17.3 Å². The van der Waals surface area contributed by atoms with Crippen molar-refractivity contribution in [1.29, 1.82) is 0 Å². The average molecular weight is 636 g/mol. The van der Waals surface area contributed by atoms with Gasteiger partial charge < -0.3 is 4.74 Å². The molecule has 0 aromatic heterocycles. The van der Waals surface area contributed by atoms with E-state index >= 15 is 0 Å². The Balaban J connectivity index is 1.54. The second-order valence-corrected chi connectivity index (χ2v) is 10.8. The summed E-state index contributed by atoms with van der Waals surface area (Å²) in [6.45, 7) is 0. The van der Waals surface area contributed by atoms with Gasteiger partial charge in [-0.1, -0.05) is 0 Å². The number of piperidine rings is 2. The molecule has 2 unspecified atom stereocenters. The number of alkyl halides is 6. The van der Waals surface area contributed by atoms with Crippen LogP contribution in [0.1, 0.15) is 60.7 Å². The Morgan fingerprint density at radius 2 is 1.02 bits per heavy atom. The molecule has 4 amide bonds. The van der Waals surface area contributed by atoms with Crippen LogP contribution in [0.5, 0.6) is 0 Å². The predicted octanol–water partition coefficient (Wildman–Crippen LogP) is 3.34. The third kappa shape index (κ3) is 4.27. The van der Waals surface area contributed by atoms with Gasteiger partial charge in [0, 0.05) is 11.1 Å². The van der Waals surface area contributed by atoms with Gasteiger partial charge in [0.05, 0.1) is 28.9 Å². The minimum atomic E-state index is -5.52. The highest BCUT2D eigenvalue weighted by atomic mass is 19.4. The highest BCUT2D eigenvalue weighted by molar-refractivity contribution is 6.33. The number of ketones is 2. The van der Waals surface area contributed by atoms with Crippen LogP contribution in [-0.4, -0.2) is 59.5 Å². The van der Waals surface area contributed by atoms with E-state index in [9.17, 15) is 64.7 Å². The summed E-state index contributed by atoms with van der Waals surface area (Å²) in [5, 5.41) is 0. The highest BCUT2D eigenvalue weighted by Gasteiger charge is 2.69. The predicted molar refractivity (Wildman–Crippen MR) is 132 cm³/mol. The molecule has 2 aromatic rings. The third-order valence-electron chi connectivity index (χ3n) is 8.23. The van der Waals surface area contributed by atoms with Gasteiger partial charge in [-0.25, -0.2) is 19.4 Å². The number of rotatable bonds is 2. The van der Waals surface area contributed by atoms with E-state index in [0.29, 0.717) is 6.07 Å². The third-order valence-corrected chi connectivity index (χ3v) is 8.23. The second kappa shape index (κ2) is 9.39. The van der Waals surface area contributed by atoms with Crippen LogP contribution >= 0.6 is 0 Å². The fourth-order valence-corrected chi connectivity index (χ4v) is 6.03. The summed E-state index contributed by atoms with van der Waals surface area (Å²) < 4.78 is 90.2. The van der Waals surface area contributed by atoms with Crippen molar-refractivity contribution in [2.24, 2.45) is 17.3 Å². The molecule has 0 bridgehead atoms. The van der Waals surface area contributed by atoms with Crippen molar-refractivity contribution in [2.45, 2.75) is 31.6 Å². The molecule has 2 fully saturated rings. The first-order valence-electron chi connectivity index (χ1n) is 12.9. The molecule has 0 saturated carbocycles. The first-order valence-corrected chi connectivity index (χ1v) is 12.9. The molecular formula is C28H14F6N2O9. The number of halogens is 6. The van der Waals surface area contributed by atoms with Crippen LogP contribution in [0.4, 0.5) is 37.7 Å². The maximum atomic E-state index is 14.3. The van der Waals surface area contributed by atoms with Crippen LogP contribution in [0.25, 0.3) is 0 Å². The topological polar surface area (TPSA) is 152 Å². The number of hydrogen-bond acceptors (Lipinski definition) is 9. The van der Waals surface area contributed by atoms with E-state index in [0.717, 1.165) is 30.3 Å². The van der Waals surface area contributed by atoms with E-state index < -0.39 is 113 Å². The van der Waals surface area contributed by atoms with Gasteiger partial charge in [-0.2, -0.15) is 26.3 Å². The van der Waals surface area contributed by atoms with E-state index in [1.165, 1.54) is 0 Å². The molecule has 1 spiro atoms. The lowest BCUT2D eigenvalue weighted by atomic mass is 9.65. The van der Waals surface area contributed by atoms with Crippen molar-refractivity contribution in [3.05, 3.63) is 58.7 Å². The molecule has 4 aliphatic rings. The number of benzene rings is 2. The van der Waals surface area contributed by atoms with E-state index in [1.54, 1.807) is 0 Å². The molecule has 3 atom stereocenters. The summed E-state index contributed by atoms with van der Waals surface area (Å²) in [6.07, 6.45) is -15.2. The van der Waals surface area contributed by atoms with E-state index in [-0.39, 0.29) is 26.5 Å². The van der Waals surface area contributed by atoms with Gasteiger partial charge in [-0.15, -0.1) is 0 Å². The minimum absolute atomic E-state index is 0.157. The summed E-state index contributed by atoms with van der Waals surface area (Å²) in [5.74, 6) is -18.0. The number of nitrogens with zero attached hydrogens (tertiary/aromatic N) is 2. The molecule has 1 aliphatic carbocycles. The standard InChI is InChI=1S/C28H14F6N2O9/c29-27(30,31)16-8-26(24(43)35(20(16)39)10-1-3-12-14(5-10)19(38)7-18(12)37)9-17(28(32,33)34)21(40)36(25(26)44)11-2-4-13-15(6-11)23(42)45-22(13)41/h1-6,16-17H,7-9H2/t16?,17?,26-/m0/s1. The molecule has 232 valence electrons. The van der Waals surface area contributed by atoms with Gasteiger partial charge >= 0.3 is 24.3 Å². The summed E-state index contributed by atoms with van der Waals surface area (Å²) >= 11 is 0. The molecule has 6 rings (SSSR count). The molecule has 2 saturated heterocycles. The van der Waals surface area contributed by atoms with Gasteiger partial charge in [-0.3, -0.25) is 28.8 Å². The van der Waals surface area contributed by atoms with Gasteiger partial charge in [0.2, 0.25) is 23.6 Å². The average Bonchev–Trinajstić information content (AvgIpc) is 3.39. The van der Waals surface area contributed by atoms with E-state index in [1.807, 2.05) is 0 Å². The van der Waals surface area contributed by atoms with Crippen molar-refractivity contribution in [1.82, 2.24) is 0 Å². The van der Waals surface area contributed by atoms with Crippen LogP contribution < -0.4 is 9.80 Å². The maximum Gasteiger partial charge on any atom is 0.400 e. The van der Waals surface area contributed by atoms with Crippen LogP contribution in [0, 0.1) is 17.3 Å². The summed E-state index contributed by atoms with van der Waals surface area (Å²) in [5.41, 5.74) is -6.31. The Labute approximate surface area is 245 Å². The maximum absolute atomic E-state index is 14.3. The molecule has 2 aromatic carbocycles. The van der Waals surface area contributed by atoms with Crippen molar-refractivity contribution in [2.75, 3.05) is 9.80 Å². The number of carbonyl (C=O) groups excluding carboxylic acids is 8. The monoisotopic (exact) mass is 636 g/mol. The Bertz CT molecular complexity index is 1700. The van der Waals surface area contributed by atoms with E-state index in [4.69, 9.17) is 0 Å². The number of hydrogen-bond donors (Lipinski definition) is 0. The first-order chi connectivity index (χ1) is 20.9. The summed E-state index contributed by atoms with van der Waals surface area (Å²) in [7, 11) is 0. The van der Waals surface area contributed by atoms with Gasteiger partial charge in [-0.05, 0) is 49.2 Å². The number of ether oxygens (including phenoxy) is 1. The van der Waals surface area contributed by atoms with E-state index in [2.05, 4.69) is 4.74 Å². The highest BCUT2D eigenvalue weighted by Crippen LogP contribution is 2.53. The Morgan fingerprint density at radius 1 is 0.600 bits per heavy atom. The number of imide groups is 2. The molecule has 3 heterocycles. The summed E-state index contributed by atoms with van der Waals surface area (Å²) in [6, 6.07) is 4.78. The number of cyclic esters (lactones) is 2. The molecule has 0 N–H and O–H groups in total. The Morgan fingerprint density at radius 3 is 1.51 bits per heavy atom. The molecule has 11 nitrogen and oxygen atoms in total. The normalized spacial score (nSPS) is 25.4.